The van der Waals surface area contributed by atoms with Gasteiger partial charge in [0.1, 0.15) is 0 Å². The molecule has 0 aromatic carbocycles. The Kier molecular flexibility index (Phi) is 11.1. The predicted octanol–water partition coefficient (Wildman–Crippen LogP) is 4.22. The van der Waals surface area contributed by atoms with Crippen LogP contribution in [0.3, 0.4) is 0 Å². The zero-order valence-corrected chi connectivity index (χ0v) is 15.3. The summed E-state index contributed by atoms with van der Waals surface area (Å²) in [7, 11) is -1.28. The van der Waals surface area contributed by atoms with E-state index in [1.165, 1.54) is 19.3 Å². The van der Waals surface area contributed by atoms with Crippen LogP contribution in [-0.2, 0) is 29.1 Å². The molecule has 1 nitrogen and oxygen atoms in total. The Balaban J connectivity index is 0. The second-order valence-electron chi connectivity index (χ2n) is 4.67. The van der Waals surface area contributed by atoms with E-state index in [2.05, 4.69) is 31.8 Å². The van der Waals surface area contributed by atoms with Gasteiger partial charge in [-0.25, -0.2) is 0 Å². The van der Waals surface area contributed by atoms with Crippen LogP contribution in [0.25, 0.3) is 0 Å². The van der Waals surface area contributed by atoms with Gasteiger partial charge in [0.2, 0.25) is 0 Å². The number of hydrogen-bond donors (Lipinski definition) is 0. The summed E-state index contributed by atoms with van der Waals surface area (Å²) < 4.78 is 7.45. The summed E-state index contributed by atoms with van der Waals surface area (Å²) in [4.78, 5) is 0. The van der Waals surface area contributed by atoms with Crippen molar-refractivity contribution in [2.45, 2.75) is 38.9 Å². The molecule has 0 spiro atoms. The number of halogens is 2. The quantitative estimate of drug-likeness (QED) is 0.527. The molecule has 1 rings (SSSR count). The Hall–Kier alpha value is 1.12. The normalized spacial score (nSPS) is 14.6. The average Bonchev–Trinajstić information content (AvgIpc) is 2.44. The van der Waals surface area contributed by atoms with Crippen LogP contribution in [0.1, 0.15) is 19.3 Å². The molecule has 0 aromatic rings. The Labute approximate surface area is 128 Å². The van der Waals surface area contributed by atoms with Gasteiger partial charge in [0.15, 0.2) is 0 Å². The molecule has 0 aromatic heterocycles. The van der Waals surface area contributed by atoms with Crippen LogP contribution in [0, 0.1) is 0 Å². The van der Waals surface area contributed by atoms with E-state index in [9.17, 15) is 0 Å². The van der Waals surface area contributed by atoms with Crippen molar-refractivity contribution in [3.8, 4) is 0 Å². The van der Waals surface area contributed by atoms with Crippen molar-refractivity contribution in [2.24, 2.45) is 0 Å². The Morgan fingerprint density at radius 3 is 2.38 bits per heavy atom. The summed E-state index contributed by atoms with van der Waals surface area (Å²) in [5, 5.41) is 0. The van der Waals surface area contributed by atoms with Gasteiger partial charge in [-0.1, -0.05) is 0 Å². The molecule has 0 saturated heterocycles. The molecule has 0 atom stereocenters. The van der Waals surface area contributed by atoms with Crippen molar-refractivity contribution in [1.82, 2.24) is 0 Å². The summed E-state index contributed by atoms with van der Waals surface area (Å²) in [5.74, 6) is 0. The molecular weight excluding hydrogens is 338 g/mol. The van der Waals surface area contributed by atoms with Crippen LogP contribution in [-0.4, -0.2) is 14.9 Å². The third-order valence-electron chi connectivity index (χ3n) is 2.15. The summed E-state index contributed by atoms with van der Waals surface area (Å²) in [6, 6.07) is 0. The smallest absolute Gasteiger partial charge is 0.147 e. The molecule has 0 N–H and O–H groups in total. The summed E-state index contributed by atoms with van der Waals surface area (Å²) in [6.45, 7) is 7.68. The molecule has 0 saturated carbocycles. The van der Waals surface area contributed by atoms with Gasteiger partial charge in [-0.3, -0.25) is 0 Å². The van der Waals surface area contributed by atoms with Crippen LogP contribution in [0.5, 0.6) is 0 Å². The summed E-state index contributed by atoms with van der Waals surface area (Å²) >= 11 is 1.58. The van der Waals surface area contributed by atoms with Crippen LogP contribution in [0.15, 0.2) is 21.0 Å². The number of hydrogen-bond acceptors (Lipinski definition) is 1. The first-order chi connectivity index (χ1) is 6.49. The van der Waals surface area contributed by atoms with Crippen LogP contribution >= 0.6 is 24.8 Å². The van der Waals surface area contributed by atoms with E-state index in [0.29, 0.717) is 0 Å². The van der Waals surface area contributed by atoms with Crippen LogP contribution < -0.4 is 0 Å². The molecule has 0 aliphatic heterocycles. The predicted molar refractivity (Wildman–Crippen MR) is 73.8 cm³/mol. The van der Waals surface area contributed by atoms with Gasteiger partial charge in [-0.15, -0.1) is 24.8 Å². The van der Waals surface area contributed by atoms with Crippen molar-refractivity contribution in [2.75, 3.05) is 6.61 Å². The van der Waals surface area contributed by atoms with E-state index in [1.54, 1.807) is 33.6 Å². The Morgan fingerprint density at radius 2 is 1.94 bits per heavy atom. The zero-order valence-electron chi connectivity index (χ0n) is 10.2. The second-order valence-corrected chi connectivity index (χ2v) is 10.7. The fraction of sp³-hybridized carbons (Fsp3) is 0.636. The van der Waals surface area contributed by atoms with Gasteiger partial charge in [0.25, 0.3) is 0 Å². The first-order valence-corrected chi connectivity index (χ1v) is 9.87. The molecule has 1 aliphatic carbocycles. The molecule has 0 bridgehead atoms. The second kappa shape index (κ2) is 9.10. The number of allylic oxidation sites excluding steroid dienone is 4. The fourth-order valence-electron chi connectivity index (χ4n) is 1.43. The van der Waals surface area contributed by atoms with Gasteiger partial charge in [-0.2, -0.15) is 0 Å². The van der Waals surface area contributed by atoms with E-state index in [-0.39, 0.29) is 24.8 Å². The van der Waals surface area contributed by atoms with Gasteiger partial charge >= 0.3 is 104 Å². The molecule has 0 radical (unpaired) electrons. The van der Waals surface area contributed by atoms with E-state index in [0.717, 1.165) is 6.61 Å². The maximum atomic E-state index is 5.82. The SMILES string of the molecule is C[Si](C)(C)OCCCC1=[C]([Zr])CC=C1.Cl.Cl. The van der Waals surface area contributed by atoms with E-state index in [1.807, 2.05) is 0 Å². The summed E-state index contributed by atoms with van der Waals surface area (Å²) in [5.41, 5.74) is 1.57. The van der Waals surface area contributed by atoms with Crippen molar-refractivity contribution >= 4 is 33.1 Å². The van der Waals surface area contributed by atoms with E-state index in [4.69, 9.17) is 4.43 Å². The van der Waals surface area contributed by atoms with Crippen molar-refractivity contribution in [3.05, 3.63) is 21.0 Å². The van der Waals surface area contributed by atoms with Gasteiger partial charge in [0.05, 0.1) is 0 Å². The van der Waals surface area contributed by atoms with E-state index < -0.39 is 8.32 Å². The fourth-order valence-corrected chi connectivity index (χ4v) is 2.98. The average molecular weight is 360 g/mol. The van der Waals surface area contributed by atoms with Gasteiger partial charge in [-0.05, 0) is 0 Å². The van der Waals surface area contributed by atoms with Gasteiger partial charge in [0, 0.05) is 0 Å². The summed E-state index contributed by atoms with van der Waals surface area (Å²) in [6.07, 6.45) is 8.16. The minimum absolute atomic E-state index is 0. The monoisotopic (exact) mass is 357 g/mol. The van der Waals surface area contributed by atoms with E-state index >= 15 is 0 Å². The van der Waals surface area contributed by atoms with Crippen molar-refractivity contribution in [3.63, 3.8) is 0 Å². The maximum Gasteiger partial charge on any atom is -0.147 e. The zero-order chi connectivity index (χ0) is 10.6. The molecule has 93 valence electrons. The largest absolute Gasteiger partial charge is 0.147 e. The molecule has 5 heteroatoms. The molecule has 0 heterocycles. The topological polar surface area (TPSA) is 9.23 Å². The third kappa shape index (κ3) is 8.25. The molecule has 0 unspecified atom stereocenters. The maximum absolute atomic E-state index is 5.82. The van der Waals surface area contributed by atoms with Crippen molar-refractivity contribution in [1.29, 1.82) is 0 Å². The first-order valence-electron chi connectivity index (χ1n) is 5.23. The molecule has 0 fully saturated rings. The minimum atomic E-state index is -1.28. The van der Waals surface area contributed by atoms with Gasteiger partial charge < -0.3 is 0 Å². The van der Waals surface area contributed by atoms with Crippen molar-refractivity contribution < 1.29 is 29.1 Å². The Morgan fingerprint density at radius 1 is 1.31 bits per heavy atom. The number of rotatable bonds is 5. The molecule has 1 aliphatic rings. The minimum Gasteiger partial charge on any atom is -0.147 e. The molecule has 16 heavy (non-hydrogen) atoms. The first kappa shape index (κ1) is 19.5. The standard InChI is InChI=1S/C11H19OSi.2ClH.Zr/c1-13(2,3)12-10-6-9-11-7-4-5-8-11;;;/h4,7H,5-6,9-10H2,1-3H3;2*1H;. The Bertz CT molecular complexity index is 259. The molecular formula is C11H21Cl2OSiZr. The van der Waals surface area contributed by atoms with Crippen LogP contribution in [0.4, 0.5) is 0 Å². The molecule has 0 amide bonds. The van der Waals surface area contributed by atoms with Crippen LogP contribution in [0.2, 0.25) is 19.6 Å². The third-order valence-corrected chi connectivity index (χ3v) is 4.52.